The van der Waals surface area contributed by atoms with Crippen molar-refractivity contribution in [3.8, 4) is 0 Å². The molecule has 0 amide bonds. The predicted molar refractivity (Wildman–Crippen MR) is 70.1 cm³/mol. The predicted octanol–water partition coefficient (Wildman–Crippen LogP) is 1.76. The molecule has 0 aromatic heterocycles. The van der Waals surface area contributed by atoms with Gasteiger partial charge >= 0.3 is 0 Å². The number of hydrogen-bond donors (Lipinski definition) is 1. The number of nitrogens with one attached hydrogen (secondary N) is 1. The average molecular weight is 269 g/mol. The Morgan fingerprint density at radius 1 is 1.33 bits per heavy atom. The summed E-state index contributed by atoms with van der Waals surface area (Å²) < 4.78 is 32.2. The van der Waals surface area contributed by atoms with Crippen LogP contribution in [-0.2, 0) is 14.8 Å². The van der Waals surface area contributed by atoms with Gasteiger partial charge in [-0.3, -0.25) is 0 Å². The van der Waals surface area contributed by atoms with Crippen molar-refractivity contribution in [2.45, 2.75) is 37.7 Å². The van der Waals surface area contributed by atoms with Gasteiger partial charge in [0.1, 0.15) is 0 Å². The summed E-state index contributed by atoms with van der Waals surface area (Å²) in [4.78, 5) is 0.323. The Hall–Kier alpha value is -0.910. The van der Waals surface area contributed by atoms with E-state index < -0.39 is 10.0 Å². The zero-order valence-corrected chi connectivity index (χ0v) is 11.6. The van der Waals surface area contributed by atoms with Crippen LogP contribution in [0.15, 0.2) is 23.1 Å². The van der Waals surface area contributed by atoms with E-state index in [-0.39, 0.29) is 6.10 Å². The molecule has 1 aromatic carbocycles. The van der Waals surface area contributed by atoms with Gasteiger partial charge in [0.2, 0.25) is 10.0 Å². The molecule has 0 radical (unpaired) electrons. The first-order valence-electron chi connectivity index (χ1n) is 6.17. The number of ether oxygens (including phenoxy) is 1. The van der Waals surface area contributed by atoms with Crippen LogP contribution in [0.2, 0.25) is 0 Å². The van der Waals surface area contributed by atoms with E-state index in [0.717, 1.165) is 30.6 Å². The van der Waals surface area contributed by atoms with Gasteiger partial charge in [-0.1, -0.05) is 6.07 Å². The minimum Gasteiger partial charge on any atom is -0.377 e. The summed E-state index contributed by atoms with van der Waals surface area (Å²) in [6.07, 6.45) is 1.96. The maximum absolute atomic E-state index is 12.1. The van der Waals surface area contributed by atoms with Crippen molar-refractivity contribution in [3.05, 3.63) is 29.3 Å². The topological polar surface area (TPSA) is 55.4 Å². The Balaban J connectivity index is 2.07. The first-order valence-corrected chi connectivity index (χ1v) is 7.66. The second-order valence-electron chi connectivity index (χ2n) is 4.73. The van der Waals surface area contributed by atoms with Crippen LogP contribution in [0.5, 0.6) is 0 Å². The molecule has 1 atom stereocenters. The fourth-order valence-electron chi connectivity index (χ4n) is 1.97. The van der Waals surface area contributed by atoms with Crippen LogP contribution < -0.4 is 4.72 Å². The summed E-state index contributed by atoms with van der Waals surface area (Å²) in [7, 11) is -3.42. The minimum atomic E-state index is -3.42. The number of aryl methyl sites for hydroxylation is 2. The van der Waals surface area contributed by atoms with Gasteiger partial charge in [0.05, 0.1) is 11.0 Å². The molecule has 0 aliphatic carbocycles. The average Bonchev–Trinajstić information content (AvgIpc) is 2.83. The van der Waals surface area contributed by atoms with Crippen molar-refractivity contribution >= 4 is 10.0 Å². The van der Waals surface area contributed by atoms with Crippen LogP contribution in [0.4, 0.5) is 0 Å². The largest absolute Gasteiger partial charge is 0.377 e. The van der Waals surface area contributed by atoms with Gasteiger partial charge in [0.15, 0.2) is 0 Å². The first-order chi connectivity index (χ1) is 8.49. The van der Waals surface area contributed by atoms with Crippen molar-refractivity contribution in [1.82, 2.24) is 4.72 Å². The molecule has 1 N–H and O–H groups in total. The Morgan fingerprint density at radius 2 is 2.11 bits per heavy atom. The van der Waals surface area contributed by atoms with Crippen LogP contribution in [-0.4, -0.2) is 27.7 Å². The molecular formula is C13H19NO3S. The molecule has 1 unspecified atom stereocenters. The molecule has 100 valence electrons. The van der Waals surface area contributed by atoms with Crippen molar-refractivity contribution in [1.29, 1.82) is 0 Å². The molecule has 1 heterocycles. The van der Waals surface area contributed by atoms with E-state index in [1.165, 1.54) is 0 Å². The van der Waals surface area contributed by atoms with Gasteiger partial charge in [0.25, 0.3) is 0 Å². The maximum atomic E-state index is 12.1. The summed E-state index contributed by atoms with van der Waals surface area (Å²) >= 11 is 0. The molecule has 2 rings (SSSR count). The molecule has 1 aliphatic heterocycles. The lowest BCUT2D eigenvalue weighted by Crippen LogP contribution is -2.31. The zero-order valence-electron chi connectivity index (χ0n) is 10.8. The minimum absolute atomic E-state index is 0.0197. The lowest BCUT2D eigenvalue weighted by atomic mass is 10.1. The Bertz CT molecular complexity index is 519. The summed E-state index contributed by atoms with van der Waals surface area (Å²) in [5.74, 6) is 0. The molecule has 4 nitrogen and oxygen atoms in total. The van der Waals surface area contributed by atoms with Crippen molar-refractivity contribution in [2.24, 2.45) is 0 Å². The van der Waals surface area contributed by atoms with Gasteiger partial charge in [-0.2, -0.15) is 0 Å². The van der Waals surface area contributed by atoms with E-state index in [1.54, 1.807) is 12.1 Å². The molecule has 5 heteroatoms. The van der Waals surface area contributed by atoms with Crippen LogP contribution in [0.25, 0.3) is 0 Å². The highest BCUT2D eigenvalue weighted by Crippen LogP contribution is 2.16. The summed E-state index contributed by atoms with van der Waals surface area (Å²) in [6, 6.07) is 5.17. The zero-order chi connectivity index (χ0) is 13.2. The smallest absolute Gasteiger partial charge is 0.240 e. The molecule has 0 spiro atoms. The van der Waals surface area contributed by atoms with Gasteiger partial charge < -0.3 is 4.74 Å². The van der Waals surface area contributed by atoms with E-state index >= 15 is 0 Å². The van der Waals surface area contributed by atoms with Gasteiger partial charge in [-0.15, -0.1) is 0 Å². The third-order valence-electron chi connectivity index (χ3n) is 3.31. The number of sulfonamides is 1. The molecule has 1 aromatic rings. The van der Waals surface area contributed by atoms with Crippen LogP contribution in [0.3, 0.4) is 0 Å². The number of hydrogen-bond acceptors (Lipinski definition) is 3. The molecular weight excluding hydrogens is 250 g/mol. The standard InChI is InChI=1S/C13H19NO3S/c1-10-5-6-13(8-11(10)2)18(15,16)14-9-12-4-3-7-17-12/h5-6,8,12,14H,3-4,7,9H2,1-2H3. The van der Waals surface area contributed by atoms with Gasteiger partial charge in [-0.05, 0) is 49.9 Å². The van der Waals surface area contributed by atoms with Gasteiger partial charge in [-0.25, -0.2) is 13.1 Å². The van der Waals surface area contributed by atoms with E-state index in [1.807, 2.05) is 19.9 Å². The molecule has 1 saturated heterocycles. The van der Waals surface area contributed by atoms with Crippen molar-refractivity contribution in [3.63, 3.8) is 0 Å². The van der Waals surface area contributed by atoms with E-state index in [4.69, 9.17) is 4.74 Å². The quantitative estimate of drug-likeness (QED) is 0.906. The summed E-state index contributed by atoms with van der Waals surface area (Å²) in [5, 5.41) is 0. The summed E-state index contributed by atoms with van der Waals surface area (Å²) in [5.41, 5.74) is 2.07. The third kappa shape index (κ3) is 3.10. The number of rotatable bonds is 4. The molecule has 1 fully saturated rings. The van der Waals surface area contributed by atoms with E-state index in [0.29, 0.717) is 11.4 Å². The Labute approximate surface area is 108 Å². The van der Waals surface area contributed by atoms with Crippen LogP contribution in [0, 0.1) is 13.8 Å². The molecule has 0 saturated carbocycles. The highest BCUT2D eigenvalue weighted by Gasteiger charge is 2.20. The highest BCUT2D eigenvalue weighted by molar-refractivity contribution is 7.89. The second kappa shape index (κ2) is 5.38. The second-order valence-corrected chi connectivity index (χ2v) is 6.50. The molecule has 0 bridgehead atoms. The lowest BCUT2D eigenvalue weighted by Gasteiger charge is -2.12. The Morgan fingerprint density at radius 3 is 2.72 bits per heavy atom. The fraction of sp³-hybridized carbons (Fsp3) is 0.538. The lowest BCUT2D eigenvalue weighted by molar-refractivity contribution is 0.114. The van der Waals surface area contributed by atoms with Crippen LogP contribution in [0.1, 0.15) is 24.0 Å². The molecule has 18 heavy (non-hydrogen) atoms. The van der Waals surface area contributed by atoms with Crippen LogP contribution >= 0.6 is 0 Å². The normalized spacial score (nSPS) is 20.2. The summed E-state index contributed by atoms with van der Waals surface area (Å²) in [6.45, 7) is 4.96. The highest BCUT2D eigenvalue weighted by atomic mass is 32.2. The SMILES string of the molecule is Cc1ccc(S(=O)(=O)NCC2CCCO2)cc1C. The van der Waals surface area contributed by atoms with E-state index in [9.17, 15) is 8.42 Å². The molecule has 1 aliphatic rings. The number of benzene rings is 1. The third-order valence-corrected chi connectivity index (χ3v) is 4.73. The monoisotopic (exact) mass is 269 g/mol. The maximum Gasteiger partial charge on any atom is 0.240 e. The van der Waals surface area contributed by atoms with Crippen molar-refractivity contribution in [2.75, 3.05) is 13.2 Å². The van der Waals surface area contributed by atoms with Crippen molar-refractivity contribution < 1.29 is 13.2 Å². The Kier molecular flexibility index (Phi) is 4.04. The first kappa shape index (κ1) is 13.5. The fourth-order valence-corrected chi connectivity index (χ4v) is 3.12. The van der Waals surface area contributed by atoms with Gasteiger partial charge in [0, 0.05) is 13.2 Å². The van der Waals surface area contributed by atoms with E-state index in [2.05, 4.69) is 4.72 Å².